The van der Waals surface area contributed by atoms with Crippen molar-refractivity contribution < 1.29 is 0 Å². The highest BCUT2D eigenvalue weighted by Crippen LogP contribution is 2.23. The van der Waals surface area contributed by atoms with Crippen molar-refractivity contribution in [2.75, 3.05) is 5.73 Å². The van der Waals surface area contributed by atoms with E-state index in [0.717, 1.165) is 5.69 Å². The highest BCUT2D eigenvalue weighted by Gasteiger charge is 2.00. The van der Waals surface area contributed by atoms with Gasteiger partial charge in [0.1, 0.15) is 4.60 Å². The molecule has 1 rings (SSSR count). The van der Waals surface area contributed by atoms with Crippen molar-refractivity contribution in [2.24, 2.45) is 0 Å². The summed E-state index contributed by atoms with van der Waals surface area (Å²) in [6.45, 7) is 1.83. The molecule has 0 spiro atoms. The number of nitrogens with zero attached hydrogens (tertiary/aromatic N) is 1. The van der Waals surface area contributed by atoms with Crippen molar-refractivity contribution in [1.82, 2.24) is 4.98 Å². The molecule has 1 aromatic rings. The van der Waals surface area contributed by atoms with E-state index in [1.54, 1.807) is 6.07 Å². The highest BCUT2D eigenvalue weighted by molar-refractivity contribution is 9.10. The van der Waals surface area contributed by atoms with Crippen molar-refractivity contribution in [3.8, 4) is 0 Å². The topological polar surface area (TPSA) is 38.9 Å². The second kappa shape index (κ2) is 2.76. The molecule has 2 nitrogen and oxygen atoms in total. The first-order chi connectivity index (χ1) is 4.61. The third kappa shape index (κ3) is 1.41. The molecule has 10 heavy (non-hydrogen) atoms. The van der Waals surface area contributed by atoms with Crippen LogP contribution in [0.2, 0.25) is 5.02 Å². The summed E-state index contributed by atoms with van der Waals surface area (Å²) in [7, 11) is 0. The van der Waals surface area contributed by atoms with E-state index in [1.165, 1.54) is 0 Å². The van der Waals surface area contributed by atoms with E-state index in [9.17, 15) is 0 Å². The minimum atomic E-state index is 0.545. The molecule has 0 amide bonds. The Labute approximate surface area is 72.5 Å². The van der Waals surface area contributed by atoms with Crippen LogP contribution in [0.4, 0.5) is 5.69 Å². The predicted octanol–water partition coefficient (Wildman–Crippen LogP) is 2.39. The first kappa shape index (κ1) is 7.82. The van der Waals surface area contributed by atoms with Gasteiger partial charge in [0.2, 0.25) is 0 Å². The summed E-state index contributed by atoms with van der Waals surface area (Å²) in [5.41, 5.74) is 6.93. The zero-order valence-electron chi connectivity index (χ0n) is 5.36. The molecule has 54 valence electrons. The summed E-state index contributed by atoms with van der Waals surface area (Å²) in [5.74, 6) is 0. The van der Waals surface area contributed by atoms with Crippen molar-refractivity contribution in [3.63, 3.8) is 0 Å². The summed E-state index contributed by atoms with van der Waals surface area (Å²) in [6, 6.07) is 1.67. The number of anilines is 1. The van der Waals surface area contributed by atoms with Gasteiger partial charge in [0.25, 0.3) is 0 Å². The summed E-state index contributed by atoms with van der Waals surface area (Å²) >= 11 is 8.88. The lowest BCUT2D eigenvalue weighted by molar-refractivity contribution is 1.17. The number of nitrogens with two attached hydrogens (primary N) is 1. The maximum atomic E-state index is 5.70. The Balaban J connectivity index is 3.28. The van der Waals surface area contributed by atoms with Gasteiger partial charge in [-0.1, -0.05) is 11.6 Å². The summed E-state index contributed by atoms with van der Waals surface area (Å²) in [4.78, 5) is 4.03. The molecule has 0 bridgehead atoms. The normalized spacial score (nSPS) is 9.90. The van der Waals surface area contributed by atoms with Crippen LogP contribution in [0.15, 0.2) is 10.7 Å². The van der Waals surface area contributed by atoms with Gasteiger partial charge in [-0.05, 0) is 28.9 Å². The van der Waals surface area contributed by atoms with Crippen LogP contribution in [0.1, 0.15) is 5.69 Å². The summed E-state index contributed by atoms with van der Waals surface area (Å²) < 4.78 is 0.640. The molecule has 0 aliphatic carbocycles. The van der Waals surface area contributed by atoms with Crippen LogP contribution in [0, 0.1) is 6.92 Å². The fraction of sp³-hybridized carbons (Fsp3) is 0.167. The number of hydrogen-bond donors (Lipinski definition) is 1. The number of aromatic nitrogens is 1. The number of halogens is 2. The van der Waals surface area contributed by atoms with E-state index in [-0.39, 0.29) is 0 Å². The SMILES string of the molecule is Cc1nc(Br)c(Cl)cc1N. The van der Waals surface area contributed by atoms with Crippen molar-refractivity contribution in [1.29, 1.82) is 0 Å². The van der Waals surface area contributed by atoms with Crippen LogP contribution in [0.5, 0.6) is 0 Å². The molecule has 0 aromatic carbocycles. The Hall–Kier alpha value is -0.280. The van der Waals surface area contributed by atoms with E-state index in [4.69, 9.17) is 17.3 Å². The minimum Gasteiger partial charge on any atom is -0.397 e. The molecule has 0 atom stereocenters. The minimum absolute atomic E-state index is 0.545. The van der Waals surface area contributed by atoms with E-state index in [1.807, 2.05) is 6.92 Å². The first-order valence-corrected chi connectivity index (χ1v) is 3.86. The molecule has 0 saturated heterocycles. The highest BCUT2D eigenvalue weighted by atomic mass is 79.9. The Morgan fingerprint density at radius 2 is 2.30 bits per heavy atom. The number of hydrogen-bond acceptors (Lipinski definition) is 2. The monoisotopic (exact) mass is 220 g/mol. The van der Waals surface area contributed by atoms with E-state index in [2.05, 4.69) is 20.9 Å². The Bertz CT molecular complexity index is 212. The van der Waals surface area contributed by atoms with E-state index in [0.29, 0.717) is 15.3 Å². The second-order valence-corrected chi connectivity index (χ2v) is 3.09. The van der Waals surface area contributed by atoms with Crippen molar-refractivity contribution in [2.45, 2.75) is 6.92 Å². The molecule has 0 aliphatic rings. The summed E-state index contributed by atoms with van der Waals surface area (Å²) in [5, 5.41) is 0.545. The summed E-state index contributed by atoms with van der Waals surface area (Å²) in [6.07, 6.45) is 0. The first-order valence-electron chi connectivity index (χ1n) is 2.69. The van der Waals surface area contributed by atoms with Gasteiger partial charge in [0.15, 0.2) is 0 Å². The fourth-order valence-corrected chi connectivity index (χ4v) is 1.11. The van der Waals surface area contributed by atoms with Crippen LogP contribution in [0.3, 0.4) is 0 Å². The standard InChI is InChI=1S/C6H6BrClN2/c1-3-5(9)2-4(8)6(7)10-3/h2H,9H2,1H3. The van der Waals surface area contributed by atoms with Gasteiger partial charge < -0.3 is 5.73 Å². The van der Waals surface area contributed by atoms with Crippen molar-refractivity contribution in [3.05, 3.63) is 21.4 Å². The van der Waals surface area contributed by atoms with Gasteiger partial charge in [-0.25, -0.2) is 4.98 Å². The number of aryl methyl sites for hydroxylation is 1. The number of rotatable bonds is 0. The van der Waals surface area contributed by atoms with Gasteiger partial charge in [-0.3, -0.25) is 0 Å². The molecule has 1 heterocycles. The molecule has 0 radical (unpaired) electrons. The second-order valence-electron chi connectivity index (χ2n) is 1.94. The zero-order valence-corrected chi connectivity index (χ0v) is 7.70. The molecule has 4 heteroatoms. The van der Waals surface area contributed by atoms with Crippen LogP contribution in [-0.2, 0) is 0 Å². The molecule has 1 aromatic heterocycles. The molecule has 0 saturated carbocycles. The Kier molecular flexibility index (Phi) is 2.16. The van der Waals surface area contributed by atoms with Gasteiger partial charge in [-0.2, -0.15) is 0 Å². The largest absolute Gasteiger partial charge is 0.397 e. The molecular formula is C6H6BrClN2. The maximum absolute atomic E-state index is 5.70. The lowest BCUT2D eigenvalue weighted by Gasteiger charge is -2.00. The molecular weight excluding hydrogens is 215 g/mol. The third-order valence-corrected chi connectivity index (χ3v) is 2.28. The van der Waals surface area contributed by atoms with Gasteiger partial charge in [0, 0.05) is 0 Å². The smallest absolute Gasteiger partial charge is 0.125 e. The van der Waals surface area contributed by atoms with E-state index >= 15 is 0 Å². The van der Waals surface area contributed by atoms with Gasteiger partial charge in [-0.15, -0.1) is 0 Å². The lowest BCUT2D eigenvalue weighted by atomic mass is 10.3. The third-order valence-electron chi connectivity index (χ3n) is 1.16. The van der Waals surface area contributed by atoms with Crippen LogP contribution in [-0.4, -0.2) is 4.98 Å². The van der Waals surface area contributed by atoms with Crippen LogP contribution >= 0.6 is 27.5 Å². The van der Waals surface area contributed by atoms with Crippen LogP contribution < -0.4 is 5.73 Å². The number of pyridine rings is 1. The lowest BCUT2D eigenvalue weighted by Crippen LogP contribution is -1.92. The van der Waals surface area contributed by atoms with Crippen LogP contribution in [0.25, 0.3) is 0 Å². The molecule has 2 N–H and O–H groups in total. The predicted molar refractivity (Wildman–Crippen MR) is 46.1 cm³/mol. The average Bonchev–Trinajstić information content (AvgIpc) is 1.84. The Morgan fingerprint density at radius 1 is 1.70 bits per heavy atom. The maximum Gasteiger partial charge on any atom is 0.125 e. The molecule has 0 fully saturated rings. The average molecular weight is 221 g/mol. The molecule has 0 aliphatic heterocycles. The van der Waals surface area contributed by atoms with Gasteiger partial charge >= 0.3 is 0 Å². The van der Waals surface area contributed by atoms with Crippen molar-refractivity contribution >= 4 is 33.2 Å². The fourth-order valence-electron chi connectivity index (χ4n) is 0.566. The Morgan fingerprint density at radius 3 is 2.80 bits per heavy atom. The quantitative estimate of drug-likeness (QED) is 0.683. The van der Waals surface area contributed by atoms with E-state index < -0.39 is 0 Å². The number of nitrogen functional groups attached to an aromatic ring is 1. The zero-order chi connectivity index (χ0) is 7.72. The molecule has 0 unspecified atom stereocenters. The van der Waals surface area contributed by atoms with Gasteiger partial charge in [0.05, 0.1) is 16.4 Å².